The molecule has 8 heteroatoms. The molecule has 1 aliphatic rings. The van der Waals surface area contributed by atoms with E-state index in [9.17, 15) is 9.90 Å². The molecule has 0 aliphatic carbocycles. The fourth-order valence-electron chi connectivity index (χ4n) is 4.20. The van der Waals surface area contributed by atoms with Crippen LogP contribution in [0.1, 0.15) is 21.5 Å². The van der Waals surface area contributed by atoms with E-state index in [4.69, 9.17) is 9.47 Å². The molecule has 168 valence electrons. The molecule has 0 saturated carbocycles. The molecule has 4 aromatic rings. The highest BCUT2D eigenvalue weighted by Crippen LogP contribution is 2.34. The maximum Gasteiger partial charge on any atom is 0.316 e. The van der Waals surface area contributed by atoms with Gasteiger partial charge in [-0.2, -0.15) is 0 Å². The van der Waals surface area contributed by atoms with Crippen LogP contribution in [-0.2, 0) is 12.8 Å². The number of fused-ring (bicyclic) bond motifs is 2. The number of carbonyl (C=O) groups excluding carboxylic acids is 1. The summed E-state index contributed by atoms with van der Waals surface area (Å²) >= 11 is 0. The van der Waals surface area contributed by atoms with E-state index in [1.54, 1.807) is 18.5 Å². The summed E-state index contributed by atoms with van der Waals surface area (Å²) in [5.41, 5.74) is 5.06. The van der Waals surface area contributed by atoms with Crippen molar-refractivity contribution in [3.8, 4) is 22.9 Å². The predicted molar refractivity (Wildman–Crippen MR) is 124 cm³/mol. The summed E-state index contributed by atoms with van der Waals surface area (Å²) in [6.07, 6.45) is 6.47. The van der Waals surface area contributed by atoms with Crippen molar-refractivity contribution in [2.24, 2.45) is 0 Å². The normalized spacial score (nSPS) is 13.4. The molecule has 0 unspecified atom stereocenters. The van der Waals surface area contributed by atoms with E-state index in [1.807, 2.05) is 36.5 Å². The SMILES string of the molecule is COc1ncc(-c2cc3c(c(C(=O)N[C@@H](CO)Cc4c[nH]c5ccccc45)c2)OCC3)cn1. The minimum Gasteiger partial charge on any atom is -0.492 e. The number of benzene rings is 2. The van der Waals surface area contributed by atoms with Crippen LogP contribution < -0.4 is 14.8 Å². The van der Waals surface area contributed by atoms with Crippen LogP contribution in [0.2, 0.25) is 0 Å². The van der Waals surface area contributed by atoms with Crippen molar-refractivity contribution in [2.45, 2.75) is 18.9 Å². The Morgan fingerprint density at radius 1 is 1.24 bits per heavy atom. The van der Waals surface area contributed by atoms with E-state index in [1.165, 1.54) is 7.11 Å². The summed E-state index contributed by atoms with van der Waals surface area (Å²) in [5, 5.41) is 14.0. The number of aromatic amines is 1. The minimum absolute atomic E-state index is 0.180. The van der Waals surface area contributed by atoms with E-state index in [-0.39, 0.29) is 18.5 Å². The highest BCUT2D eigenvalue weighted by Gasteiger charge is 2.25. The highest BCUT2D eigenvalue weighted by atomic mass is 16.5. The second kappa shape index (κ2) is 8.91. The van der Waals surface area contributed by atoms with E-state index in [2.05, 4.69) is 20.3 Å². The molecule has 1 atom stereocenters. The summed E-state index contributed by atoms with van der Waals surface area (Å²) in [5.74, 6) is 0.304. The number of carbonyl (C=O) groups is 1. The number of nitrogens with one attached hydrogen (secondary N) is 2. The van der Waals surface area contributed by atoms with Crippen molar-refractivity contribution in [1.29, 1.82) is 0 Å². The van der Waals surface area contributed by atoms with Gasteiger partial charge >= 0.3 is 6.01 Å². The lowest BCUT2D eigenvalue weighted by Crippen LogP contribution is -2.39. The van der Waals surface area contributed by atoms with Gasteiger partial charge in [-0.1, -0.05) is 18.2 Å². The number of hydrogen-bond acceptors (Lipinski definition) is 6. The largest absolute Gasteiger partial charge is 0.492 e. The Hall–Kier alpha value is -3.91. The first-order valence-electron chi connectivity index (χ1n) is 10.8. The predicted octanol–water partition coefficient (Wildman–Crippen LogP) is 2.90. The van der Waals surface area contributed by atoms with E-state index < -0.39 is 6.04 Å². The molecule has 2 aromatic carbocycles. The number of methoxy groups -OCH3 is 1. The monoisotopic (exact) mass is 444 g/mol. The minimum atomic E-state index is -0.443. The van der Waals surface area contributed by atoms with Crippen LogP contribution >= 0.6 is 0 Å². The van der Waals surface area contributed by atoms with Crippen LogP contribution in [0.5, 0.6) is 11.8 Å². The zero-order valence-electron chi connectivity index (χ0n) is 18.2. The molecule has 3 heterocycles. The van der Waals surface area contributed by atoms with Crippen LogP contribution in [0.25, 0.3) is 22.0 Å². The molecule has 0 radical (unpaired) electrons. The lowest BCUT2D eigenvalue weighted by molar-refractivity contribution is 0.0913. The molecule has 2 aromatic heterocycles. The van der Waals surface area contributed by atoms with Gasteiger partial charge in [0.05, 0.1) is 31.9 Å². The number of aliphatic hydroxyl groups excluding tert-OH is 1. The Morgan fingerprint density at radius 2 is 2.06 bits per heavy atom. The van der Waals surface area contributed by atoms with Crippen LogP contribution in [0.4, 0.5) is 0 Å². The third kappa shape index (κ3) is 4.12. The van der Waals surface area contributed by atoms with Crippen molar-refractivity contribution >= 4 is 16.8 Å². The molecule has 0 bridgehead atoms. The fraction of sp³-hybridized carbons (Fsp3) is 0.240. The van der Waals surface area contributed by atoms with Crippen molar-refractivity contribution in [3.05, 3.63) is 71.7 Å². The highest BCUT2D eigenvalue weighted by molar-refractivity contribution is 5.99. The van der Waals surface area contributed by atoms with Gasteiger partial charge in [-0.25, -0.2) is 9.97 Å². The maximum atomic E-state index is 13.3. The molecule has 1 aliphatic heterocycles. The number of para-hydroxylation sites is 1. The van der Waals surface area contributed by atoms with E-state index >= 15 is 0 Å². The molecule has 0 saturated heterocycles. The van der Waals surface area contributed by atoms with Crippen LogP contribution in [-0.4, -0.2) is 52.3 Å². The zero-order chi connectivity index (χ0) is 22.8. The number of ether oxygens (including phenoxy) is 2. The third-order valence-corrected chi connectivity index (χ3v) is 5.87. The van der Waals surface area contributed by atoms with Gasteiger partial charge in [-0.15, -0.1) is 0 Å². The lowest BCUT2D eigenvalue weighted by Gasteiger charge is -2.18. The third-order valence-electron chi connectivity index (χ3n) is 5.87. The van der Waals surface area contributed by atoms with Gasteiger partial charge in [0.25, 0.3) is 5.91 Å². The fourth-order valence-corrected chi connectivity index (χ4v) is 4.20. The van der Waals surface area contributed by atoms with Gasteiger partial charge in [0.15, 0.2) is 0 Å². The molecule has 0 fully saturated rings. The van der Waals surface area contributed by atoms with Gasteiger partial charge in [0, 0.05) is 41.5 Å². The van der Waals surface area contributed by atoms with E-state index in [0.717, 1.165) is 39.6 Å². The number of amides is 1. The first-order chi connectivity index (χ1) is 16.2. The van der Waals surface area contributed by atoms with Crippen molar-refractivity contribution in [1.82, 2.24) is 20.3 Å². The molecular formula is C25H24N4O4. The topological polar surface area (TPSA) is 109 Å². The van der Waals surface area contributed by atoms with Gasteiger partial charge in [-0.3, -0.25) is 4.79 Å². The second-order valence-corrected chi connectivity index (χ2v) is 7.99. The van der Waals surface area contributed by atoms with Gasteiger partial charge < -0.3 is 24.9 Å². The Morgan fingerprint density at radius 3 is 2.85 bits per heavy atom. The average Bonchev–Trinajstić information content (AvgIpc) is 3.50. The number of rotatable bonds is 7. The van der Waals surface area contributed by atoms with Crippen molar-refractivity contribution in [2.75, 3.05) is 20.3 Å². The second-order valence-electron chi connectivity index (χ2n) is 7.99. The van der Waals surface area contributed by atoms with Crippen molar-refractivity contribution in [3.63, 3.8) is 0 Å². The van der Waals surface area contributed by atoms with Gasteiger partial charge in [-0.05, 0) is 41.3 Å². The molecule has 3 N–H and O–H groups in total. The summed E-state index contributed by atoms with van der Waals surface area (Å²) in [6.45, 7) is 0.344. The Labute approximate surface area is 190 Å². The molecule has 1 amide bonds. The molecule has 33 heavy (non-hydrogen) atoms. The summed E-state index contributed by atoms with van der Waals surface area (Å²) in [7, 11) is 1.51. The standard InChI is InChI=1S/C25H24N4O4/c1-32-25-27-12-18(13-28-25)16-8-15-6-7-33-23(15)21(10-16)24(31)29-19(14-30)9-17-11-26-22-5-3-2-4-20(17)22/h2-5,8,10-13,19,26,30H,6-7,9,14H2,1H3,(H,29,31)/t19-/m1/s1. The summed E-state index contributed by atoms with van der Waals surface area (Å²) in [4.78, 5) is 24.9. The number of H-pyrrole nitrogens is 1. The smallest absolute Gasteiger partial charge is 0.316 e. The number of aliphatic hydroxyl groups is 1. The maximum absolute atomic E-state index is 13.3. The number of hydrogen-bond donors (Lipinski definition) is 3. The molecule has 5 rings (SSSR count). The molecule has 0 spiro atoms. The summed E-state index contributed by atoms with van der Waals surface area (Å²) < 4.78 is 10.8. The first kappa shape index (κ1) is 21.0. The van der Waals surface area contributed by atoms with Gasteiger partial charge in [0.1, 0.15) is 5.75 Å². The number of aromatic nitrogens is 3. The van der Waals surface area contributed by atoms with Crippen LogP contribution in [0.15, 0.2) is 55.0 Å². The lowest BCUT2D eigenvalue weighted by atomic mass is 9.99. The number of nitrogens with zero attached hydrogens (tertiary/aromatic N) is 2. The van der Waals surface area contributed by atoms with Gasteiger partial charge in [0.2, 0.25) is 0 Å². The Kier molecular flexibility index (Phi) is 5.66. The van der Waals surface area contributed by atoms with Crippen LogP contribution in [0, 0.1) is 0 Å². The Bertz CT molecular complexity index is 1300. The van der Waals surface area contributed by atoms with Crippen LogP contribution in [0.3, 0.4) is 0 Å². The molecule has 8 nitrogen and oxygen atoms in total. The summed E-state index contributed by atoms with van der Waals surface area (Å²) in [6, 6.07) is 11.6. The van der Waals surface area contributed by atoms with Crippen molar-refractivity contribution < 1.29 is 19.4 Å². The quantitative estimate of drug-likeness (QED) is 0.404. The van der Waals surface area contributed by atoms with E-state index in [0.29, 0.717) is 24.3 Å². The average molecular weight is 444 g/mol. The zero-order valence-corrected chi connectivity index (χ0v) is 18.2. The molecular weight excluding hydrogens is 420 g/mol. The Balaban J connectivity index is 1.41. The first-order valence-corrected chi connectivity index (χ1v) is 10.8.